The lowest BCUT2D eigenvalue weighted by atomic mass is 10.1. The Labute approximate surface area is 129 Å². The molecule has 2 aromatic rings. The molecule has 1 heterocycles. The second-order valence-electron chi connectivity index (χ2n) is 5.04. The van der Waals surface area contributed by atoms with Gasteiger partial charge in [-0.2, -0.15) is 0 Å². The zero-order valence-electron chi connectivity index (χ0n) is 12.6. The number of rotatable bonds is 5. The third-order valence-electron chi connectivity index (χ3n) is 3.05. The Kier molecular flexibility index (Phi) is 5.14. The molecule has 0 aliphatic rings. The molecule has 2 rings (SSSR count). The normalized spacial score (nSPS) is 10.6. The summed E-state index contributed by atoms with van der Waals surface area (Å²) < 4.78 is 4.91. The molecule has 0 saturated carbocycles. The summed E-state index contributed by atoms with van der Waals surface area (Å²) in [6.45, 7) is 0. The van der Waals surface area contributed by atoms with Gasteiger partial charge in [-0.1, -0.05) is 12.1 Å². The van der Waals surface area contributed by atoms with Crippen LogP contribution in [0.1, 0.15) is 11.1 Å². The highest BCUT2D eigenvalue weighted by Gasteiger charge is 2.05. The number of benzene rings is 1. The number of nitrogens with one attached hydrogen (secondary N) is 1. The van der Waals surface area contributed by atoms with Crippen molar-refractivity contribution in [3.8, 4) is 0 Å². The number of likely N-dealkylation sites (N-methyl/N-ethyl adjacent to an activating group) is 1. The van der Waals surface area contributed by atoms with Crippen molar-refractivity contribution in [1.82, 2.24) is 4.90 Å². The first kappa shape index (κ1) is 15.6. The molecule has 1 aromatic carbocycles. The number of anilines is 1. The van der Waals surface area contributed by atoms with E-state index in [0.29, 0.717) is 12.1 Å². The maximum Gasteiger partial charge on any atom is 0.248 e. The van der Waals surface area contributed by atoms with Crippen molar-refractivity contribution < 1.29 is 14.0 Å². The van der Waals surface area contributed by atoms with E-state index in [1.54, 1.807) is 55.8 Å². The molecule has 0 bridgehead atoms. The second-order valence-corrected chi connectivity index (χ2v) is 5.04. The molecular formula is C17H18N2O3. The Morgan fingerprint density at radius 2 is 1.91 bits per heavy atom. The van der Waals surface area contributed by atoms with Crippen LogP contribution in [0.4, 0.5) is 5.69 Å². The minimum Gasteiger partial charge on any atom is -0.472 e. The number of amides is 2. The van der Waals surface area contributed by atoms with E-state index in [0.717, 1.165) is 11.1 Å². The Bertz CT molecular complexity index is 656. The summed E-state index contributed by atoms with van der Waals surface area (Å²) >= 11 is 0. The fourth-order valence-corrected chi connectivity index (χ4v) is 1.76. The predicted octanol–water partition coefficient (Wildman–Crippen LogP) is 2.56. The average Bonchev–Trinajstić information content (AvgIpc) is 3.00. The van der Waals surface area contributed by atoms with E-state index in [1.165, 1.54) is 6.08 Å². The Morgan fingerprint density at radius 1 is 1.18 bits per heavy atom. The first-order valence-corrected chi connectivity index (χ1v) is 6.85. The van der Waals surface area contributed by atoms with E-state index in [-0.39, 0.29) is 11.8 Å². The Morgan fingerprint density at radius 3 is 2.50 bits per heavy atom. The number of hydrogen-bond donors (Lipinski definition) is 1. The van der Waals surface area contributed by atoms with Crippen LogP contribution in [-0.4, -0.2) is 30.8 Å². The van der Waals surface area contributed by atoms with Gasteiger partial charge in [0.2, 0.25) is 11.8 Å². The lowest BCUT2D eigenvalue weighted by Gasteiger charge is -2.10. The van der Waals surface area contributed by atoms with E-state index >= 15 is 0 Å². The molecule has 0 saturated heterocycles. The highest BCUT2D eigenvalue weighted by molar-refractivity contribution is 6.01. The highest BCUT2D eigenvalue weighted by Crippen LogP contribution is 2.11. The topological polar surface area (TPSA) is 62.6 Å². The van der Waals surface area contributed by atoms with Crippen molar-refractivity contribution in [3.05, 3.63) is 60.1 Å². The van der Waals surface area contributed by atoms with Gasteiger partial charge in [0, 0.05) is 31.4 Å². The quantitative estimate of drug-likeness (QED) is 0.863. The zero-order chi connectivity index (χ0) is 15.9. The summed E-state index contributed by atoms with van der Waals surface area (Å²) in [5, 5.41) is 2.76. The molecule has 0 radical (unpaired) electrons. The molecule has 0 aliphatic heterocycles. The minimum absolute atomic E-state index is 0.0415. The van der Waals surface area contributed by atoms with Crippen molar-refractivity contribution in [2.24, 2.45) is 0 Å². The lowest BCUT2D eigenvalue weighted by molar-refractivity contribution is -0.128. The molecule has 114 valence electrons. The Balaban J connectivity index is 1.90. The van der Waals surface area contributed by atoms with Gasteiger partial charge in [-0.25, -0.2) is 0 Å². The van der Waals surface area contributed by atoms with E-state index in [4.69, 9.17) is 4.42 Å². The van der Waals surface area contributed by atoms with Crippen LogP contribution < -0.4 is 5.32 Å². The maximum atomic E-state index is 11.8. The van der Waals surface area contributed by atoms with Crippen LogP contribution in [-0.2, 0) is 16.0 Å². The standard InChI is InChI=1S/C17H18N2O3/c1-19(2)17(21)11-13-3-6-15(7-4-13)18-16(20)8-5-14-9-10-22-12-14/h3-10,12H,11H2,1-2H3,(H,18,20). The molecule has 0 unspecified atom stereocenters. The summed E-state index contributed by atoms with van der Waals surface area (Å²) in [7, 11) is 3.45. The smallest absolute Gasteiger partial charge is 0.248 e. The summed E-state index contributed by atoms with van der Waals surface area (Å²) in [5.41, 5.74) is 2.42. The molecule has 0 spiro atoms. The van der Waals surface area contributed by atoms with Crippen LogP contribution in [0, 0.1) is 0 Å². The van der Waals surface area contributed by atoms with E-state index in [1.807, 2.05) is 12.1 Å². The first-order valence-electron chi connectivity index (χ1n) is 6.85. The molecule has 0 atom stereocenters. The monoisotopic (exact) mass is 298 g/mol. The lowest BCUT2D eigenvalue weighted by Crippen LogP contribution is -2.23. The van der Waals surface area contributed by atoms with E-state index < -0.39 is 0 Å². The molecule has 22 heavy (non-hydrogen) atoms. The molecule has 5 nitrogen and oxygen atoms in total. The van der Waals surface area contributed by atoms with Gasteiger partial charge in [0.15, 0.2) is 0 Å². The molecule has 1 aromatic heterocycles. The largest absolute Gasteiger partial charge is 0.472 e. The van der Waals surface area contributed by atoms with Crippen LogP contribution >= 0.6 is 0 Å². The van der Waals surface area contributed by atoms with Crippen LogP contribution in [0.2, 0.25) is 0 Å². The molecule has 0 fully saturated rings. The van der Waals surface area contributed by atoms with E-state index in [9.17, 15) is 9.59 Å². The van der Waals surface area contributed by atoms with Gasteiger partial charge in [-0.15, -0.1) is 0 Å². The molecular weight excluding hydrogens is 280 g/mol. The number of nitrogens with zero attached hydrogens (tertiary/aromatic N) is 1. The number of hydrogen-bond acceptors (Lipinski definition) is 3. The van der Waals surface area contributed by atoms with Gasteiger partial charge in [0.1, 0.15) is 0 Å². The van der Waals surface area contributed by atoms with Crippen molar-refractivity contribution in [2.45, 2.75) is 6.42 Å². The van der Waals surface area contributed by atoms with Gasteiger partial charge < -0.3 is 14.6 Å². The number of carbonyl (C=O) groups is 2. The molecule has 1 N–H and O–H groups in total. The summed E-state index contributed by atoms with van der Waals surface area (Å²) in [4.78, 5) is 24.9. The predicted molar refractivity (Wildman–Crippen MR) is 85.2 cm³/mol. The fourth-order valence-electron chi connectivity index (χ4n) is 1.76. The SMILES string of the molecule is CN(C)C(=O)Cc1ccc(NC(=O)C=Cc2ccoc2)cc1. The van der Waals surface area contributed by atoms with E-state index in [2.05, 4.69) is 5.32 Å². The van der Waals surface area contributed by atoms with Gasteiger partial charge in [-0.3, -0.25) is 9.59 Å². The van der Waals surface area contributed by atoms with Gasteiger partial charge in [-0.05, 0) is 29.8 Å². The Hall–Kier alpha value is -2.82. The van der Waals surface area contributed by atoms with Gasteiger partial charge in [0.25, 0.3) is 0 Å². The van der Waals surface area contributed by atoms with Gasteiger partial charge in [0.05, 0.1) is 18.9 Å². The molecule has 0 aliphatic carbocycles. The summed E-state index contributed by atoms with van der Waals surface area (Å²) in [6.07, 6.45) is 6.56. The zero-order valence-corrected chi connectivity index (χ0v) is 12.6. The van der Waals surface area contributed by atoms with Crippen molar-refractivity contribution in [3.63, 3.8) is 0 Å². The second kappa shape index (κ2) is 7.26. The van der Waals surface area contributed by atoms with Crippen LogP contribution in [0.15, 0.2) is 53.4 Å². The fraction of sp³-hybridized carbons (Fsp3) is 0.176. The third kappa shape index (κ3) is 4.63. The van der Waals surface area contributed by atoms with Crippen molar-refractivity contribution in [2.75, 3.05) is 19.4 Å². The first-order chi connectivity index (χ1) is 10.5. The van der Waals surface area contributed by atoms with Crippen LogP contribution in [0.5, 0.6) is 0 Å². The maximum absolute atomic E-state index is 11.8. The summed E-state index contributed by atoms with van der Waals surface area (Å²) in [5.74, 6) is -0.182. The minimum atomic E-state index is -0.224. The average molecular weight is 298 g/mol. The highest BCUT2D eigenvalue weighted by atomic mass is 16.3. The third-order valence-corrected chi connectivity index (χ3v) is 3.05. The number of furan rings is 1. The molecule has 5 heteroatoms. The van der Waals surface area contributed by atoms with Crippen molar-refractivity contribution in [1.29, 1.82) is 0 Å². The van der Waals surface area contributed by atoms with Gasteiger partial charge >= 0.3 is 0 Å². The molecule has 2 amide bonds. The van der Waals surface area contributed by atoms with Crippen molar-refractivity contribution >= 4 is 23.6 Å². The van der Waals surface area contributed by atoms with Crippen LogP contribution in [0.25, 0.3) is 6.08 Å². The summed E-state index contributed by atoms with van der Waals surface area (Å²) in [6, 6.07) is 8.98. The van der Waals surface area contributed by atoms with Crippen LogP contribution in [0.3, 0.4) is 0 Å². The number of carbonyl (C=O) groups excluding carboxylic acids is 2.